The van der Waals surface area contributed by atoms with Gasteiger partial charge in [-0.15, -0.1) is 0 Å². The van der Waals surface area contributed by atoms with E-state index in [2.05, 4.69) is 15.5 Å². The van der Waals surface area contributed by atoms with Crippen LogP contribution in [0, 0.1) is 5.92 Å². The zero-order valence-electron chi connectivity index (χ0n) is 11.7. The fraction of sp³-hybridized carbons (Fsp3) is 0.714. The molecule has 20 heavy (non-hydrogen) atoms. The lowest BCUT2D eigenvalue weighted by Crippen LogP contribution is -2.26. The molecular weight excluding hydrogens is 256 g/mol. The van der Waals surface area contributed by atoms with Crippen LogP contribution < -0.4 is 11.1 Å². The summed E-state index contributed by atoms with van der Waals surface area (Å²) in [5.74, 6) is 1.06. The first kappa shape index (κ1) is 13.4. The molecule has 6 heteroatoms. The van der Waals surface area contributed by atoms with Crippen molar-refractivity contribution in [3.8, 4) is 0 Å². The van der Waals surface area contributed by atoms with Gasteiger partial charge in [0.05, 0.1) is 11.4 Å². The van der Waals surface area contributed by atoms with Crippen LogP contribution in [0.5, 0.6) is 0 Å². The van der Waals surface area contributed by atoms with E-state index in [9.17, 15) is 4.79 Å². The lowest BCUT2D eigenvalue weighted by atomic mass is 10.2. The highest BCUT2D eigenvalue weighted by Crippen LogP contribution is 2.42. The first-order chi connectivity index (χ1) is 9.75. The van der Waals surface area contributed by atoms with Gasteiger partial charge < -0.3 is 15.8 Å². The number of nitrogens with two attached hydrogens (primary N) is 1. The van der Waals surface area contributed by atoms with E-state index in [1.165, 1.54) is 12.8 Å². The molecule has 2 aliphatic rings. The van der Waals surface area contributed by atoms with Crippen LogP contribution in [0.2, 0.25) is 0 Å². The van der Waals surface area contributed by atoms with Gasteiger partial charge in [0.1, 0.15) is 0 Å². The molecule has 2 fully saturated rings. The number of H-pyrrole nitrogens is 1. The summed E-state index contributed by atoms with van der Waals surface area (Å²) in [7, 11) is 0. The summed E-state index contributed by atoms with van der Waals surface area (Å²) in [6.45, 7) is 2.15. The van der Waals surface area contributed by atoms with Crippen LogP contribution in [0.3, 0.4) is 0 Å². The van der Waals surface area contributed by atoms with E-state index < -0.39 is 0 Å². The number of hydrogen-bond donors (Lipinski definition) is 3. The van der Waals surface area contributed by atoms with E-state index in [1.807, 2.05) is 0 Å². The summed E-state index contributed by atoms with van der Waals surface area (Å²) in [6.07, 6.45) is 5.69. The van der Waals surface area contributed by atoms with Crippen molar-refractivity contribution < 1.29 is 9.53 Å². The number of nitrogen functional groups attached to an aromatic ring is 1. The van der Waals surface area contributed by atoms with Crippen molar-refractivity contribution in [3.05, 3.63) is 11.4 Å². The Balaban J connectivity index is 1.37. The van der Waals surface area contributed by atoms with Crippen LogP contribution >= 0.6 is 0 Å². The minimum absolute atomic E-state index is 0.201. The largest absolute Gasteiger partial charge is 0.395 e. The molecule has 2 aliphatic carbocycles. The molecule has 0 aliphatic heterocycles. The molecule has 0 saturated heterocycles. The van der Waals surface area contributed by atoms with Crippen molar-refractivity contribution >= 4 is 11.6 Å². The third kappa shape index (κ3) is 3.30. The number of nitrogens with one attached hydrogen (secondary N) is 2. The number of rotatable bonds is 8. The molecule has 0 radical (unpaired) electrons. The Bertz CT molecular complexity index is 478. The molecule has 1 heterocycles. The fourth-order valence-corrected chi connectivity index (χ4v) is 2.21. The molecule has 2 saturated carbocycles. The van der Waals surface area contributed by atoms with Gasteiger partial charge in [0.25, 0.3) is 5.91 Å². The number of hydrogen-bond acceptors (Lipinski definition) is 4. The molecule has 1 amide bonds. The highest BCUT2D eigenvalue weighted by molar-refractivity contribution is 5.97. The van der Waals surface area contributed by atoms with Crippen LogP contribution in [-0.4, -0.2) is 35.9 Å². The van der Waals surface area contributed by atoms with Gasteiger partial charge in [0, 0.05) is 25.7 Å². The Morgan fingerprint density at radius 2 is 2.20 bits per heavy atom. The number of carbonyl (C=O) groups excluding carboxylic acids is 1. The minimum atomic E-state index is -0.201. The van der Waals surface area contributed by atoms with E-state index in [4.69, 9.17) is 10.5 Å². The quantitative estimate of drug-likeness (QED) is 0.627. The number of carbonyl (C=O) groups is 1. The average Bonchev–Trinajstić information content (AvgIpc) is 3.33. The topological polar surface area (TPSA) is 93.0 Å². The van der Waals surface area contributed by atoms with Gasteiger partial charge in [-0.3, -0.25) is 9.89 Å². The Labute approximate surface area is 118 Å². The van der Waals surface area contributed by atoms with Crippen molar-refractivity contribution in [2.75, 3.05) is 25.5 Å². The van der Waals surface area contributed by atoms with Crippen molar-refractivity contribution in [1.82, 2.24) is 15.5 Å². The standard InChI is InChI=1S/C14H22N4O2/c15-11-12(10-4-5-10)17-18-13(11)14(19)16-6-1-7-20-8-9-2-3-9/h9-10H,1-8,15H2,(H,16,19)(H,17,18). The number of nitrogens with zero attached hydrogens (tertiary/aromatic N) is 1. The summed E-state index contributed by atoms with van der Waals surface area (Å²) in [6, 6.07) is 0. The maximum absolute atomic E-state index is 12.0. The fourth-order valence-electron chi connectivity index (χ4n) is 2.21. The van der Waals surface area contributed by atoms with Crippen molar-refractivity contribution in [1.29, 1.82) is 0 Å². The van der Waals surface area contributed by atoms with Gasteiger partial charge >= 0.3 is 0 Å². The number of amides is 1. The number of anilines is 1. The van der Waals surface area contributed by atoms with Crippen LogP contribution in [-0.2, 0) is 4.74 Å². The lowest BCUT2D eigenvalue weighted by Gasteiger charge is -2.05. The highest BCUT2D eigenvalue weighted by atomic mass is 16.5. The molecule has 1 aromatic rings. The zero-order chi connectivity index (χ0) is 13.9. The maximum atomic E-state index is 12.0. The predicted octanol–water partition coefficient (Wildman–Crippen LogP) is 1.42. The van der Waals surface area contributed by atoms with Crippen LogP contribution in [0.4, 0.5) is 5.69 Å². The van der Waals surface area contributed by atoms with Crippen molar-refractivity contribution in [2.24, 2.45) is 5.92 Å². The molecular formula is C14H22N4O2. The Kier molecular flexibility index (Phi) is 3.91. The summed E-state index contributed by atoms with van der Waals surface area (Å²) in [5, 5.41) is 9.75. The van der Waals surface area contributed by atoms with Crippen molar-refractivity contribution in [2.45, 2.75) is 38.0 Å². The van der Waals surface area contributed by atoms with E-state index in [1.54, 1.807) is 0 Å². The second kappa shape index (κ2) is 5.83. The monoisotopic (exact) mass is 278 g/mol. The number of aromatic nitrogens is 2. The van der Waals surface area contributed by atoms with Crippen LogP contribution in [0.15, 0.2) is 0 Å². The summed E-state index contributed by atoms with van der Waals surface area (Å²) in [4.78, 5) is 12.0. The van der Waals surface area contributed by atoms with Crippen molar-refractivity contribution in [3.63, 3.8) is 0 Å². The summed E-state index contributed by atoms with van der Waals surface area (Å²) in [5.41, 5.74) is 7.71. The first-order valence-corrected chi connectivity index (χ1v) is 7.45. The van der Waals surface area contributed by atoms with E-state index in [0.717, 1.165) is 37.5 Å². The van der Waals surface area contributed by atoms with E-state index >= 15 is 0 Å². The van der Waals surface area contributed by atoms with Gasteiger partial charge in [0.2, 0.25) is 0 Å². The number of aromatic amines is 1. The van der Waals surface area contributed by atoms with Crippen LogP contribution in [0.25, 0.3) is 0 Å². The SMILES string of the molecule is Nc1c(C(=O)NCCCOCC2CC2)n[nH]c1C1CC1. The zero-order valence-corrected chi connectivity index (χ0v) is 11.7. The summed E-state index contributed by atoms with van der Waals surface area (Å²) >= 11 is 0. The lowest BCUT2D eigenvalue weighted by molar-refractivity contribution is 0.0933. The minimum Gasteiger partial charge on any atom is -0.395 e. The van der Waals surface area contributed by atoms with Crippen LogP contribution in [0.1, 0.15) is 54.2 Å². The predicted molar refractivity (Wildman–Crippen MR) is 75.5 cm³/mol. The molecule has 110 valence electrons. The highest BCUT2D eigenvalue weighted by Gasteiger charge is 2.30. The third-order valence-corrected chi connectivity index (χ3v) is 3.84. The second-order valence-corrected chi connectivity index (χ2v) is 5.80. The van der Waals surface area contributed by atoms with E-state index in [0.29, 0.717) is 30.5 Å². The molecule has 0 aromatic carbocycles. The molecule has 0 unspecified atom stereocenters. The van der Waals surface area contributed by atoms with Gasteiger partial charge in [-0.2, -0.15) is 5.10 Å². The Morgan fingerprint density at radius 1 is 1.40 bits per heavy atom. The molecule has 0 spiro atoms. The Morgan fingerprint density at radius 3 is 2.90 bits per heavy atom. The first-order valence-electron chi connectivity index (χ1n) is 7.45. The second-order valence-electron chi connectivity index (χ2n) is 5.80. The normalized spacial score (nSPS) is 18.2. The van der Waals surface area contributed by atoms with Gasteiger partial charge in [0.15, 0.2) is 5.69 Å². The molecule has 4 N–H and O–H groups in total. The molecule has 1 aromatic heterocycles. The average molecular weight is 278 g/mol. The molecule has 0 bridgehead atoms. The molecule has 6 nitrogen and oxygen atoms in total. The Hall–Kier alpha value is -1.56. The van der Waals surface area contributed by atoms with Gasteiger partial charge in [-0.25, -0.2) is 0 Å². The smallest absolute Gasteiger partial charge is 0.273 e. The summed E-state index contributed by atoms with van der Waals surface area (Å²) < 4.78 is 5.51. The maximum Gasteiger partial charge on any atom is 0.273 e. The number of ether oxygens (including phenoxy) is 1. The van der Waals surface area contributed by atoms with Gasteiger partial charge in [-0.05, 0) is 38.0 Å². The molecule has 3 rings (SSSR count). The van der Waals surface area contributed by atoms with Gasteiger partial charge in [-0.1, -0.05) is 0 Å². The molecule has 0 atom stereocenters. The third-order valence-electron chi connectivity index (χ3n) is 3.84. The van der Waals surface area contributed by atoms with E-state index in [-0.39, 0.29) is 5.91 Å².